The number of allylic oxidation sites excluding steroid dienone is 1. The van der Waals surface area contributed by atoms with Crippen LogP contribution < -0.4 is 4.90 Å². The highest BCUT2D eigenvalue weighted by Crippen LogP contribution is 2.55. The fraction of sp³-hybridized carbons (Fsp3) is 0.593. The Hall–Kier alpha value is -2.51. The average molecular weight is 467 g/mol. The maximum absolute atomic E-state index is 13.4. The van der Waals surface area contributed by atoms with Crippen LogP contribution in [0.4, 0.5) is 5.69 Å². The van der Waals surface area contributed by atoms with Crippen LogP contribution in [0.2, 0.25) is 0 Å². The molecule has 0 aromatic heterocycles. The van der Waals surface area contributed by atoms with E-state index in [1.54, 1.807) is 31.2 Å². The SMILES string of the molecule is CCN1C[C@@]2(COC(=O)c3ccccc3N3C(=O)C[C@H](C)C3=O)CCC[C@]3(CC=CCO[C@H]23)C1. The molecule has 5 rings (SSSR count). The van der Waals surface area contributed by atoms with Gasteiger partial charge in [0, 0.05) is 36.3 Å². The molecule has 182 valence electrons. The molecule has 0 spiro atoms. The summed E-state index contributed by atoms with van der Waals surface area (Å²) in [6.07, 6.45) is 8.71. The molecule has 0 radical (unpaired) electrons. The number of carbonyl (C=O) groups is 3. The van der Waals surface area contributed by atoms with Gasteiger partial charge in [0.2, 0.25) is 11.8 Å². The monoisotopic (exact) mass is 466 g/mol. The molecule has 4 aliphatic rings. The van der Waals surface area contributed by atoms with Crippen LogP contribution in [0.5, 0.6) is 0 Å². The van der Waals surface area contributed by atoms with Crippen LogP contribution >= 0.6 is 0 Å². The molecule has 0 unspecified atom stereocenters. The number of imide groups is 1. The number of amides is 2. The Morgan fingerprint density at radius 1 is 1.18 bits per heavy atom. The van der Waals surface area contributed by atoms with Gasteiger partial charge >= 0.3 is 5.97 Å². The third kappa shape index (κ3) is 3.79. The van der Waals surface area contributed by atoms with E-state index in [4.69, 9.17) is 9.47 Å². The van der Waals surface area contributed by atoms with Crippen molar-refractivity contribution >= 4 is 23.5 Å². The molecule has 1 saturated carbocycles. The third-order valence-electron chi connectivity index (χ3n) is 8.26. The first-order valence-electron chi connectivity index (χ1n) is 12.5. The van der Waals surface area contributed by atoms with E-state index < -0.39 is 5.97 Å². The minimum absolute atomic E-state index is 0.0391. The van der Waals surface area contributed by atoms with Crippen molar-refractivity contribution in [1.82, 2.24) is 4.90 Å². The second-order valence-corrected chi connectivity index (χ2v) is 10.5. The maximum atomic E-state index is 13.4. The number of esters is 1. The molecule has 1 aromatic rings. The number of hydrogen-bond donors (Lipinski definition) is 0. The van der Waals surface area contributed by atoms with Gasteiger partial charge in [0.25, 0.3) is 0 Å². The first-order chi connectivity index (χ1) is 16.4. The Morgan fingerprint density at radius 2 is 2.00 bits per heavy atom. The van der Waals surface area contributed by atoms with Gasteiger partial charge in [0.15, 0.2) is 0 Å². The Bertz CT molecular complexity index is 1020. The molecule has 7 nitrogen and oxygen atoms in total. The van der Waals surface area contributed by atoms with E-state index in [0.717, 1.165) is 50.2 Å². The zero-order valence-electron chi connectivity index (χ0n) is 20.1. The summed E-state index contributed by atoms with van der Waals surface area (Å²) in [6, 6.07) is 6.75. The number of anilines is 1. The number of ether oxygens (including phenoxy) is 2. The van der Waals surface area contributed by atoms with Gasteiger partial charge in [-0.25, -0.2) is 9.69 Å². The molecule has 3 fully saturated rings. The van der Waals surface area contributed by atoms with Crippen LogP contribution in [0, 0.1) is 16.7 Å². The van der Waals surface area contributed by atoms with E-state index in [1.807, 2.05) is 0 Å². The molecule has 0 N–H and O–H groups in total. The third-order valence-corrected chi connectivity index (χ3v) is 8.26. The molecule has 2 amide bonds. The number of nitrogens with zero attached hydrogens (tertiary/aromatic N) is 2. The number of carbonyl (C=O) groups excluding carboxylic acids is 3. The van der Waals surface area contributed by atoms with Gasteiger partial charge in [-0.3, -0.25) is 9.59 Å². The molecule has 1 aliphatic carbocycles. The van der Waals surface area contributed by atoms with E-state index in [0.29, 0.717) is 12.3 Å². The minimum Gasteiger partial charge on any atom is -0.461 e. The van der Waals surface area contributed by atoms with Gasteiger partial charge in [0.1, 0.15) is 6.61 Å². The van der Waals surface area contributed by atoms with Gasteiger partial charge in [-0.1, -0.05) is 44.6 Å². The molecule has 4 atom stereocenters. The second-order valence-electron chi connectivity index (χ2n) is 10.5. The Labute approximate surface area is 201 Å². The van der Waals surface area contributed by atoms with Crippen LogP contribution in [0.1, 0.15) is 56.3 Å². The van der Waals surface area contributed by atoms with Crippen molar-refractivity contribution in [3.63, 3.8) is 0 Å². The highest BCUT2D eigenvalue weighted by atomic mass is 16.5. The number of likely N-dealkylation sites (tertiary alicyclic amines) is 1. The van der Waals surface area contributed by atoms with E-state index in [2.05, 4.69) is 24.0 Å². The fourth-order valence-corrected chi connectivity index (χ4v) is 6.72. The van der Waals surface area contributed by atoms with Crippen LogP contribution in [0.25, 0.3) is 0 Å². The van der Waals surface area contributed by atoms with Crippen molar-refractivity contribution in [3.05, 3.63) is 42.0 Å². The molecule has 7 heteroatoms. The standard InChI is InChI=1S/C27H34N2O5/c1-3-28-16-26-11-6-7-14-33-25(26)27(17-28,13-8-12-26)18-34-24(32)20-9-4-5-10-21(20)29-22(30)15-19(2)23(29)31/h4-7,9-10,19,25H,3,8,11-18H2,1-2H3/t19-,25-,26+,27+/m0/s1. The van der Waals surface area contributed by atoms with Gasteiger partial charge in [-0.2, -0.15) is 0 Å². The van der Waals surface area contributed by atoms with Gasteiger partial charge in [-0.15, -0.1) is 0 Å². The second kappa shape index (κ2) is 8.93. The number of benzene rings is 1. The van der Waals surface area contributed by atoms with Gasteiger partial charge < -0.3 is 14.4 Å². The minimum atomic E-state index is -0.498. The zero-order valence-corrected chi connectivity index (χ0v) is 20.1. The lowest BCUT2D eigenvalue weighted by molar-refractivity contribution is -0.197. The van der Waals surface area contributed by atoms with Crippen molar-refractivity contribution in [2.45, 2.75) is 52.1 Å². The Kier molecular flexibility index (Phi) is 6.10. The molecule has 3 heterocycles. The van der Waals surface area contributed by atoms with E-state index >= 15 is 0 Å². The fourth-order valence-electron chi connectivity index (χ4n) is 6.72. The number of rotatable bonds is 5. The van der Waals surface area contributed by atoms with Crippen molar-refractivity contribution in [2.24, 2.45) is 16.7 Å². The van der Waals surface area contributed by atoms with Gasteiger partial charge in [-0.05, 0) is 37.9 Å². The summed E-state index contributed by atoms with van der Waals surface area (Å²) in [4.78, 5) is 42.1. The van der Waals surface area contributed by atoms with Crippen molar-refractivity contribution in [2.75, 3.05) is 37.7 Å². The Morgan fingerprint density at radius 3 is 2.76 bits per heavy atom. The van der Waals surface area contributed by atoms with Gasteiger partial charge in [0.05, 0.1) is 24.0 Å². The Balaban J connectivity index is 1.40. The summed E-state index contributed by atoms with van der Waals surface area (Å²) in [7, 11) is 0. The quantitative estimate of drug-likeness (QED) is 0.375. The average Bonchev–Trinajstić information content (AvgIpc) is 2.97. The molecule has 2 saturated heterocycles. The lowest BCUT2D eigenvalue weighted by atomic mass is 9.56. The predicted octanol–water partition coefficient (Wildman–Crippen LogP) is 3.58. The summed E-state index contributed by atoms with van der Waals surface area (Å²) >= 11 is 0. The summed E-state index contributed by atoms with van der Waals surface area (Å²) in [6.45, 7) is 7.57. The lowest BCUT2D eigenvalue weighted by Gasteiger charge is -2.60. The highest BCUT2D eigenvalue weighted by molar-refractivity contribution is 6.22. The number of hydrogen-bond acceptors (Lipinski definition) is 6. The first kappa shape index (κ1) is 23.2. The van der Waals surface area contributed by atoms with Crippen LogP contribution in [0.15, 0.2) is 36.4 Å². The largest absolute Gasteiger partial charge is 0.461 e. The molecular formula is C27H34N2O5. The van der Waals surface area contributed by atoms with E-state index in [-0.39, 0.29) is 53.3 Å². The van der Waals surface area contributed by atoms with Crippen molar-refractivity contribution in [1.29, 1.82) is 0 Å². The summed E-state index contributed by atoms with van der Waals surface area (Å²) in [5.74, 6) is -1.43. The lowest BCUT2D eigenvalue weighted by Crippen LogP contribution is -2.66. The van der Waals surface area contributed by atoms with Crippen molar-refractivity contribution < 1.29 is 23.9 Å². The van der Waals surface area contributed by atoms with Crippen molar-refractivity contribution in [3.8, 4) is 0 Å². The molecule has 2 bridgehead atoms. The summed E-state index contributed by atoms with van der Waals surface area (Å²) in [5, 5.41) is 0. The molecule has 34 heavy (non-hydrogen) atoms. The number of piperidine rings is 1. The summed E-state index contributed by atoms with van der Waals surface area (Å²) < 4.78 is 12.4. The zero-order chi connectivity index (χ0) is 23.9. The summed E-state index contributed by atoms with van der Waals surface area (Å²) in [5.41, 5.74) is 0.352. The predicted molar refractivity (Wildman–Crippen MR) is 127 cm³/mol. The van der Waals surface area contributed by atoms with E-state index in [9.17, 15) is 14.4 Å². The van der Waals surface area contributed by atoms with Crippen LogP contribution in [0.3, 0.4) is 0 Å². The molecular weight excluding hydrogens is 432 g/mol. The van der Waals surface area contributed by atoms with Crippen LogP contribution in [-0.4, -0.2) is 61.6 Å². The highest BCUT2D eigenvalue weighted by Gasteiger charge is 2.59. The topological polar surface area (TPSA) is 76.2 Å². The normalized spacial score (nSPS) is 33.5. The number of para-hydroxylation sites is 1. The van der Waals surface area contributed by atoms with Crippen LogP contribution in [-0.2, 0) is 19.1 Å². The molecule has 3 aliphatic heterocycles. The maximum Gasteiger partial charge on any atom is 0.340 e. The first-order valence-corrected chi connectivity index (χ1v) is 12.5. The smallest absolute Gasteiger partial charge is 0.340 e. The van der Waals surface area contributed by atoms with E-state index in [1.165, 1.54) is 0 Å². The molecule has 1 aromatic carbocycles.